The number of nitrogens with zero attached hydrogens (tertiary/aromatic N) is 2. The van der Waals surface area contributed by atoms with Gasteiger partial charge in [-0.15, -0.1) is 0 Å². The fraction of sp³-hybridized carbons (Fsp3) is 0.250. The largest absolute Gasteiger partial charge is 0.264 e. The SMILES string of the molecule is Cc1nn(Cc2ccc(F)c(Br)c2)c(C)c1I. The zero-order chi connectivity index (χ0) is 12.6. The predicted molar refractivity (Wildman–Crippen MR) is 77.6 cm³/mol. The molecule has 0 unspecified atom stereocenters. The molecular formula is C12H11BrFIN2. The third kappa shape index (κ3) is 2.70. The number of aryl methyl sites for hydroxylation is 1. The van der Waals surface area contributed by atoms with Crippen molar-refractivity contribution in [1.82, 2.24) is 9.78 Å². The first-order valence-corrected chi connectivity index (χ1v) is 6.99. The Labute approximate surface area is 121 Å². The molecule has 0 aliphatic carbocycles. The van der Waals surface area contributed by atoms with Crippen LogP contribution >= 0.6 is 38.5 Å². The minimum atomic E-state index is -0.239. The molecule has 0 spiro atoms. The zero-order valence-corrected chi connectivity index (χ0v) is 13.2. The molecule has 0 aliphatic heterocycles. The molecule has 2 aromatic rings. The van der Waals surface area contributed by atoms with E-state index in [-0.39, 0.29) is 5.82 Å². The third-order valence-electron chi connectivity index (χ3n) is 2.61. The van der Waals surface area contributed by atoms with Crippen LogP contribution in [0.15, 0.2) is 22.7 Å². The van der Waals surface area contributed by atoms with Crippen LogP contribution in [0.5, 0.6) is 0 Å². The minimum absolute atomic E-state index is 0.239. The van der Waals surface area contributed by atoms with Crippen LogP contribution in [-0.2, 0) is 6.54 Å². The van der Waals surface area contributed by atoms with E-state index < -0.39 is 0 Å². The number of aromatic nitrogens is 2. The van der Waals surface area contributed by atoms with Gasteiger partial charge in [-0.2, -0.15) is 5.10 Å². The monoisotopic (exact) mass is 408 g/mol. The zero-order valence-electron chi connectivity index (χ0n) is 9.47. The number of hydrogen-bond acceptors (Lipinski definition) is 1. The van der Waals surface area contributed by atoms with Crippen molar-refractivity contribution in [2.24, 2.45) is 0 Å². The summed E-state index contributed by atoms with van der Waals surface area (Å²) in [4.78, 5) is 0. The summed E-state index contributed by atoms with van der Waals surface area (Å²) in [5.74, 6) is -0.239. The van der Waals surface area contributed by atoms with Crippen LogP contribution in [0.4, 0.5) is 4.39 Å². The van der Waals surface area contributed by atoms with E-state index in [1.54, 1.807) is 12.1 Å². The summed E-state index contributed by atoms with van der Waals surface area (Å²) in [6.07, 6.45) is 0. The van der Waals surface area contributed by atoms with Gasteiger partial charge in [0.1, 0.15) is 5.82 Å². The molecule has 0 amide bonds. The van der Waals surface area contributed by atoms with Crippen LogP contribution < -0.4 is 0 Å². The van der Waals surface area contributed by atoms with Crippen LogP contribution in [0.2, 0.25) is 0 Å². The Morgan fingerprint density at radius 2 is 2.12 bits per heavy atom. The summed E-state index contributed by atoms with van der Waals surface area (Å²) >= 11 is 5.48. The molecule has 90 valence electrons. The van der Waals surface area contributed by atoms with Crippen molar-refractivity contribution in [3.8, 4) is 0 Å². The molecule has 0 saturated heterocycles. The van der Waals surface area contributed by atoms with E-state index in [2.05, 4.69) is 43.6 Å². The molecule has 0 radical (unpaired) electrons. The normalized spacial score (nSPS) is 10.9. The van der Waals surface area contributed by atoms with Gasteiger partial charge in [0.15, 0.2) is 0 Å². The van der Waals surface area contributed by atoms with Gasteiger partial charge in [0.25, 0.3) is 0 Å². The predicted octanol–water partition coefficient (Wildman–Crippen LogP) is 4.05. The molecule has 2 nitrogen and oxygen atoms in total. The highest BCUT2D eigenvalue weighted by atomic mass is 127. The van der Waals surface area contributed by atoms with Crippen molar-refractivity contribution in [2.45, 2.75) is 20.4 Å². The van der Waals surface area contributed by atoms with E-state index in [1.165, 1.54) is 9.64 Å². The van der Waals surface area contributed by atoms with E-state index in [1.807, 2.05) is 18.5 Å². The maximum atomic E-state index is 13.1. The summed E-state index contributed by atoms with van der Waals surface area (Å²) in [6.45, 7) is 4.70. The average Bonchev–Trinajstić information content (AvgIpc) is 2.52. The van der Waals surface area contributed by atoms with Crippen LogP contribution in [-0.4, -0.2) is 9.78 Å². The minimum Gasteiger partial charge on any atom is -0.264 e. The van der Waals surface area contributed by atoms with Crippen LogP contribution in [0, 0.1) is 23.2 Å². The first-order valence-electron chi connectivity index (χ1n) is 5.12. The van der Waals surface area contributed by atoms with Gasteiger partial charge in [-0.3, -0.25) is 4.68 Å². The topological polar surface area (TPSA) is 17.8 Å². The summed E-state index contributed by atoms with van der Waals surface area (Å²) in [6, 6.07) is 5.04. The van der Waals surface area contributed by atoms with Gasteiger partial charge < -0.3 is 0 Å². The standard InChI is InChI=1S/C12H11BrFIN2/c1-7-12(15)8(2)17(16-7)6-9-3-4-11(14)10(13)5-9/h3-5H,6H2,1-2H3. The first-order chi connectivity index (χ1) is 7.99. The maximum Gasteiger partial charge on any atom is 0.137 e. The van der Waals surface area contributed by atoms with Crippen molar-refractivity contribution in [1.29, 1.82) is 0 Å². The van der Waals surface area contributed by atoms with E-state index in [0.717, 1.165) is 17.0 Å². The Morgan fingerprint density at radius 3 is 2.65 bits per heavy atom. The second kappa shape index (κ2) is 5.06. The van der Waals surface area contributed by atoms with E-state index in [9.17, 15) is 4.39 Å². The molecule has 0 saturated carbocycles. The molecule has 0 aliphatic rings. The molecule has 5 heteroatoms. The molecular weight excluding hydrogens is 398 g/mol. The molecule has 0 fully saturated rings. The molecule has 2 rings (SSSR count). The smallest absolute Gasteiger partial charge is 0.137 e. The lowest BCUT2D eigenvalue weighted by Gasteiger charge is -2.05. The summed E-state index contributed by atoms with van der Waals surface area (Å²) in [7, 11) is 0. The van der Waals surface area contributed by atoms with Crippen molar-refractivity contribution < 1.29 is 4.39 Å². The number of rotatable bonds is 2. The molecule has 0 bridgehead atoms. The van der Waals surface area contributed by atoms with Crippen molar-refractivity contribution in [2.75, 3.05) is 0 Å². The van der Waals surface area contributed by atoms with E-state index in [4.69, 9.17) is 0 Å². The van der Waals surface area contributed by atoms with Crippen LogP contribution in [0.1, 0.15) is 17.0 Å². The molecule has 1 heterocycles. The Hall–Kier alpha value is -0.430. The van der Waals surface area contributed by atoms with Gasteiger partial charge in [-0.1, -0.05) is 6.07 Å². The second-order valence-electron chi connectivity index (χ2n) is 3.89. The fourth-order valence-electron chi connectivity index (χ4n) is 1.64. The second-order valence-corrected chi connectivity index (χ2v) is 5.82. The number of benzene rings is 1. The van der Waals surface area contributed by atoms with Crippen molar-refractivity contribution in [3.63, 3.8) is 0 Å². The van der Waals surface area contributed by atoms with Gasteiger partial charge in [-0.05, 0) is 70.1 Å². The van der Waals surface area contributed by atoms with E-state index >= 15 is 0 Å². The molecule has 1 aromatic carbocycles. The lowest BCUT2D eigenvalue weighted by atomic mass is 10.2. The van der Waals surface area contributed by atoms with Crippen molar-refractivity contribution in [3.05, 3.63) is 49.0 Å². The highest BCUT2D eigenvalue weighted by Crippen LogP contribution is 2.20. The maximum absolute atomic E-state index is 13.1. The first kappa shape index (κ1) is 13.0. The van der Waals surface area contributed by atoms with E-state index in [0.29, 0.717) is 11.0 Å². The third-order valence-corrected chi connectivity index (χ3v) is 4.78. The summed E-state index contributed by atoms with van der Waals surface area (Å²) in [5.41, 5.74) is 3.20. The number of hydrogen-bond donors (Lipinski definition) is 0. The highest BCUT2D eigenvalue weighted by molar-refractivity contribution is 14.1. The Bertz CT molecular complexity index is 566. The quantitative estimate of drug-likeness (QED) is 0.685. The van der Waals surface area contributed by atoms with Gasteiger partial charge in [0.05, 0.1) is 20.3 Å². The summed E-state index contributed by atoms with van der Waals surface area (Å²) < 4.78 is 16.7. The Balaban J connectivity index is 2.31. The van der Waals surface area contributed by atoms with Crippen molar-refractivity contribution >= 4 is 38.5 Å². The number of halogens is 3. The Morgan fingerprint density at radius 1 is 1.41 bits per heavy atom. The molecule has 17 heavy (non-hydrogen) atoms. The van der Waals surface area contributed by atoms with Crippen LogP contribution in [0.25, 0.3) is 0 Å². The molecule has 1 aromatic heterocycles. The van der Waals surface area contributed by atoms with Gasteiger partial charge in [0.2, 0.25) is 0 Å². The molecule has 0 atom stereocenters. The van der Waals surface area contributed by atoms with Crippen LogP contribution in [0.3, 0.4) is 0 Å². The van der Waals surface area contributed by atoms with Gasteiger partial charge >= 0.3 is 0 Å². The molecule has 0 N–H and O–H groups in total. The van der Waals surface area contributed by atoms with Gasteiger partial charge in [0, 0.05) is 5.69 Å². The average molecular weight is 409 g/mol. The highest BCUT2D eigenvalue weighted by Gasteiger charge is 2.09. The van der Waals surface area contributed by atoms with Gasteiger partial charge in [-0.25, -0.2) is 4.39 Å². The fourth-order valence-corrected chi connectivity index (χ4v) is 2.45. The Kier molecular flexibility index (Phi) is 3.87. The lowest BCUT2D eigenvalue weighted by Crippen LogP contribution is -2.04. The lowest BCUT2D eigenvalue weighted by molar-refractivity contribution is 0.616. The summed E-state index contributed by atoms with van der Waals surface area (Å²) in [5, 5.41) is 4.46.